The molecule has 0 fully saturated rings. The lowest BCUT2D eigenvalue weighted by molar-refractivity contribution is 0.120. The largest absolute Gasteiger partial charge is 0.485 e. The van der Waals surface area contributed by atoms with Crippen molar-refractivity contribution in [2.24, 2.45) is 5.92 Å². The monoisotopic (exact) mass is 287 g/mol. The zero-order valence-corrected chi connectivity index (χ0v) is 12.9. The van der Waals surface area contributed by atoms with E-state index in [0.29, 0.717) is 5.92 Å². The van der Waals surface area contributed by atoms with Crippen molar-refractivity contribution in [2.45, 2.75) is 25.9 Å². The van der Waals surface area contributed by atoms with E-state index in [0.717, 1.165) is 12.3 Å². The average molecular weight is 287 g/mol. The molecule has 1 aliphatic rings. The first-order valence-corrected chi connectivity index (χ1v) is 8.10. The van der Waals surface area contributed by atoms with Crippen LogP contribution in [0.2, 0.25) is 0 Å². The molecule has 1 heterocycles. The molecule has 2 nitrogen and oxygen atoms in total. The maximum absolute atomic E-state index is 6.33. The van der Waals surface area contributed by atoms with Gasteiger partial charge in [0.25, 0.3) is 0 Å². The van der Waals surface area contributed by atoms with Gasteiger partial charge < -0.3 is 10.1 Å². The Balaban J connectivity index is 1.85. The van der Waals surface area contributed by atoms with E-state index in [-0.39, 0.29) is 6.10 Å². The summed E-state index contributed by atoms with van der Waals surface area (Å²) in [5.41, 5.74) is 2.66. The van der Waals surface area contributed by atoms with E-state index in [1.54, 1.807) is 0 Å². The fourth-order valence-corrected chi connectivity index (χ4v) is 3.86. The van der Waals surface area contributed by atoms with Crippen LogP contribution < -0.4 is 10.1 Å². The lowest BCUT2D eigenvalue weighted by Gasteiger charge is -2.32. The van der Waals surface area contributed by atoms with Gasteiger partial charge in [0.1, 0.15) is 11.9 Å². The Bertz CT molecular complexity index is 561. The van der Waals surface area contributed by atoms with E-state index in [1.165, 1.54) is 28.8 Å². The van der Waals surface area contributed by atoms with Crippen molar-refractivity contribution in [3.8, 4) is 5.75 Å². The predicted molar refractivity (Wildman–Crippen MR) is 84.6 cm³/mol. The van der Waals surface area contributed by atoms with Crippen LogP contribution >= 0.6 is 11.3 Å². The van der Waals surface area contributed by atoms with Crippen LogP contribution in [0.15, 0.2) is 35.7 Å². The molecule has 106 valence electrons. The molecule has 0 radical (unpaired) electrons. The highest BCUT2D eigenvalue weighted by Crippen LogP contribution is 2.40. The minimum absolute atomic E-state index is 0.181. The number of aryl methyl sites for hydroxylation is 2. The Kier molecular flexibility index (Phi) is 4.08. The molecule has 1 aromatic heterocycles. The molecule has 0 bridgehead atoms. The molecule has 0 saturated heterocycles. The molecular weight excluding hydrogens is 266 g/mol. The number of thiophene rings is 1. The fourth-order valence-electron chi connectivity index (χ4n) is 2.92. The SMILES string of the molecule is CNCC1CCc2sccc2C1Oc1ccc(C)cc1. The van der Waals surface area contributed by atoms with Crippen molar-refractivity contribution in [3.63, 3.8) is 0 Å². The molecule has 1 aromatic carbocycles. The van der Waals surface area contributed by atoms with E-state index < -0.39 is 0 Å². The Morgan fingerprint density at radius 3 is 2.80 bits per heavy atom. The summed E-state index contributed by atoms with van der Waals surface area (Å²) < 4.78 is 6.33. The van der Waals surface area contributed by atoms with Gasteiger partial charge in [-0.25, -0.2) is 0 Å². The first-order chi connectivity index (χ1) is 9.78. The van der Waals surface area contributed by atoms with Gasteiger partial charge in [-0.2, -0.15) is 0 Å². The zero-order valence-electron chi connectivity index (χ0n) is 12.1. The van der Waals surface area contributed by atoms with Gasteiger partial charge >= 0.3 is 0 Å². The van der Waals surface area contributed by atoms with Crippen molar-refractivity contribution < 1.29 is 4.74 Å². The van der Waals surface area contributed by atoms with Crippen LogP contribution in [0.4, 0.5) is 0 Å². The van der Waals surface area contributed by atoms with Crippen LogP contribution in [0.5, 0.6) is 5.75 Å². The van der Waals surface area contributed by atoms with Crippen molar-refractivity contribution in [1.29, 1.82) is 0 Å². The predicted octanol–water partition coefficient (Wildman–Crippen LogP) is 3.96. The van der Waals surface area contributed by atoms with Gasteiger partial charge in [-0.1, -0.05) is 17.7 Å². The summed E-state index contributed by atoms with van der Waals surface area (Å²) in [6.45, 7) is 3.11. The molecule has 0 aliphatic heterocycles. The molecule has 2 aromatic rings. The van der Waals surface area contributed by atoms with Crippen LogP contribution in [0.25, 0.3) is 0 Å². The van der Waals surface area contributed by atoms with Crippen LogP contribution in [0.3, 0.4) is 0 Å². The number of rotatable bonds is 4. The maximum atomic E-state index is 6.33. The summed E-state index contributed by atoms with van der Waals surface area (Å²) in [6, 6.07) is 10.6. The van der Waals surface area contributed by atoms with E-state index in [2.05, 4.69) is 48.0 Å². The second kappa shape index (κ2) is 5.98. The summed E-state index contributed by atoms with van der Waals surface area (Å²) in [6.07, 6.45) is 2.57. The third-order valence-electron chi connectivity index (χ3n) is 4.01. The van der Waals surface area contributed by atoms with Crippen LogP contribution in [0.1, 0.15) is 28.5 Å². The summed E-state index contributed by atoms with van der Waals surface area (Å²) >= 11 is 1.86. The number of fused-ring (bicyclic) bond motifs is 1. The van der Waals surface area contributed by atoms with E-state index >= 15 is 0 Å². The molecule has 0 amide bonds. The fraction of sp³-hybridized carbons (Fsp3) is 0.412. The van der Waals surface area contributed by atoms with Crippen molar-refractivity contribution in [1.82, 2.24) is 5.32 Å². The van der Waals surface area contributed by atoms with Gasteiger partial charge in [0.05, 0.1) is 0 Å². The summed E-state index contributed by atoms with van der Waals surface area (Å²) in [5, 5.41) is 5.50. The van der Waals surface area contributed by atoms with Gasteiger partial charge in [0.15, 0.2) is 0 Å². The Morgan fingerprint density at radius 1 is 1.25 bits per heavy atom. The molecule has 0 spiro atoms. The topological polar surface area (TPSA) is 21.3 Å². The number of hydrogen-bond donors (Lipinski definition) is 1. The molecule has 1 aliphatic carbocycles. The molecule has 1 N–H and O–H groups in total. The zero-order chi connectivity index (χ0) is 13.9. The van der Waals surface area contributed by atoms with Crippen molar-refractivity contribution in [3.05, 3.63) is 51.7 Å². The lowest BCUT2D eigenvalue weighted by atomic mass is 9.85. The van der Waals surface area contributed by atoms with Crippen LogP contribution in [-0.4, -0.2) is 13.6 Å². The Morgan fingerprint density at radius 2 is 2.05 bits per heavy atom. The Labute approximate surface area is 124 Å². The smallest absolute Gasteiger partial charge is 0.129 e. The van der Waals surface area contributed by atoms with Crippen molar-refractivity contribution >= 4 is 11.3 Å². The van der Waals surface area contributed by atoms with Gasteiger partial charge in [-0.15, -0.1) is 11.3 Å². The third kappa shape index (κ3) is 2.74. The maximum Gasteiger partial charge on any atom is 0.129 e. The third-order valence-corrected chi connectivity index (χ3v) is 5.00. The highest BCUT2D eigenvalue weighted by atomic mass is 32.1. The van der Waals surface area contributed by atoms with Gasteiger partial charge in [0, 0.05) is 22.9 Å². The van der Waals surface area contributed by atoms with Gasteiger partial charge in [0.2, 0.25) is 0 Å². The second-order valence-corrected chi connectivity index (χ2v) is 6.51. The first-order valence-electron chi connectivity index (χ1n) is 7.22. The number of hydrogen-bond acceptors (Lipinski definition) is 3. The summed E-state index contributed by atoms with van der Waals surface area (Å²) in [4.78, 5) is 1.49. The van der Waals surface area contributed by atoms with Crippen LogP contribution in [-0.2, 0) is 6.42 Å². The highest BCUT2D eigenvalue weighted by Gasteiger charge is 2.31. The molecule has 2 unspecified atom stereocenters. The Hall–Kier alpha value is -1.32. The minimum Gasteiger partial charge on any atom is -0.485 e. The minimum atomic E-state index is 0.181. The van der Waals surface area contributed by atoms with E-state index in [9.17, 15) is 0 Å². The van der Waals surface area contributed by atoms with E-state index in [1.807, 2.05) is 18.4 Å². The normalized spacial score (nSPS) is 21.5. The second-order valence-electron chi connectivity index (χ2n) is 5.51. The standard InChI is InChI=1S/C17H21NOS/c1-12-3-6-14(7-4-12)19-17-13(11-18-2)5-8-16-15(17)9-10-20-16/h3-4,6-7,9-10,13,17-18H,5,8,11H2,1-2H3. The number of nitrogens with one attached hydrogen (secondary N) is 1. The molecule has 2 atom stereocenters. The molecular formula is C17H21NOS. The summed E-state index contributed by atoms with van der Waals surface area (Å²) in [7, 11) is 2.02. The molecule has 20 heavy (non-hydrogen) atoms. The quantitative estimate of drug-likeness (QED) is 0.919. The highest BCUT2D eigenvalue weighted by molar-refractivity contribution is 7.10. The number of benzene rings is 1. The molecule has 3 heteroatoms. The average Bonchev–Trinajstić information content (AvgIpc) is 2.92. The number of ether oxygens (including phenoxy) is 1. The van der Waals surface area contributed by atoms with E-state index in [4.69, 9.17) is 4.74 Å². The molecule has 0 saturated carbocycles. The van der Waals surface area contributed by atoms with Gasteiger partial charge in [-0.3, -0.25) is 0 Å². The lowest BCUT2D eigenvalue weighted by Crippen LogP contribution is -2.31. The first kappa shape index (κ1) is 13.7. The van der Waals surface area contributed by atoms with Gasteiger partial charge in [-0.05, 0) is 50.4 Å². The molecule has 3 rings (SSSR count). The van der Waals surface area contributed by atoms with Crippen molar-refractivity contribution in [2.75, 3.05) is 13.6 Å². The van der Waals surface area contributed by atoms with Crippen LogP contribution in [0, 0.1) is 12.8 Å². The summed E-state index contributed by atoms with van der Waals surface area (Å²) in [5.74, 6) is 1.52.